The molecule has 1 fully saturated rings. The molecule has 0 saturated carbocycles. The van der Waals surface area contributed by atoms with Crippen molar-refractivity contribution in [2.75, 3.05) is 26.2 Å². The molecular formula is C48H42N6O8. The highest BCUT2D eigenvalue weighted by molar-refractivity contribution is 5.88. The van der Waals surface area contributed by atoms with E-state index < -0.39 is 11.9 Å². The van der Waals surface area contributed by atoms with Gasteiger partial charge in [-0.15, -0.1) is 0 Å². The topological polar surface area (TPSA) is 187 Å². The Balaban J connectivity index is 0.000000164. The van der Waals surface area contributed by atoms with Gasteiger partial charge in [0.2, 0.25) is 0 Å². The molecule has 1 aliphatic rings. The van der Waals surface area contributed by atoms with Gasteiger partial charge in [-0.3, -0.25) is 18.7 Å². The van der Waals surface area contributed by atoms with E-state index in [1.54, 1.807) is 60.7 Å². The lowest BCUT2D eigenvalue weighted by molar-refractivity contribution is 0.0686. The number of aromatic nitrogens is 4. The SMILES string of the molecule is C1CNCCN1.O=C(O)c1ccc(-n2c(COc3ccccc3)nc3ccccc3c2=O)cc1.O=C(O)c1ccc(-n2c(COc3ccccc3)nc3ccccc3c2=O)cc1. The molecule has 3 heterocycles. The van der Waals surface area contributed by atoms with Gasteiger partial charge < -0.3 is 30.3 Å². The second-order valence-corrected chi connectivity index (χ2v) is 13.8. The second kappa shape index (κ2) is 20.4. The third kappa shape index (κ3) is 10.4. The van der Waals surface area contributed by atoms with Crippen LogP contribution >= 0.6 is 0 Å². The summed E-state index contributed by atoms with van der Waals surface area (Å²) in [5, 5.41) is 25.6. The van der Waals surface area contributed by atoms with Crippen molar-refractivity contribution in [2.45, 2.75) is 13.2 Å². The maximum Gasteiger partial charge on any atom is 0.335 e. The van der Waals surface area contributed by atoms with Gasteiger partial charge in [-0.05, 0) is 97.1 Å². The van der Waals surface area contributed by atoms with E-state index in [0.717, 1.165) is 26.2 Å². The molecule has 8 aromatic rings. The van der Waals surface area contributed by atoms with Gasteiger partial charge in [0.15, 0.2) is 11.6 Å². The summed E-state index contributed by atoms with van der Waals surface area (Å²) >= 11 is 0. The van der Waals surface area contributed by atoms with E-state index in [1.807, 2.05) is 72.8 Å². The van der Waals surface area contributed by atoms with Gasteiger partial charge in [-0.2, -0.15) is 0 Å². The minimum Gasteiger partial charge on any atom is -0.486 e. The number of carbonyl (C=O) groups is 2. The quantitative estimate of drug-likeness (QED) is 0.117. The van der Waals surface area contributed by atoms with Crippen LogP contribution in [0.3, 0.4) is 0 Å². The molecule has 1 saturated heterocycles. The van der Waals surface area contributed by atoms with Gasteiger partial charge in [-0.1, -0.05) is 60.7 Å². The Morgan fingerprint density at radius 3 is 1.16 bits per heavy atom. The van der Waals surface area contributed by atoms with Gasteiger partial charge in [0.25, 0.3) is 11.1 Å². The van der Waals surface area contributed by atoms with E-state index in [9.17, 15) is 19.2 Å². The van der Waals surface area contributed by atoms with Gasteiger partial charge in [0.05, 0.1) is 44.3 Å². The average molecular weight is 831 g/mol. The number of aromatic carboxylic acids is 2. The Morgan fingerprint density at radius 1 is 0.484 bits per heavy atom. The second-order valence-electron chi connectivity index (χ2n) is 13.8. The van der Waals surface area contributed by atoms with Crippen LogP contribution in [0.2, 0.25) is 0 Å². The molecule has 2 aromatic heterocycles. The zero-order chi connectivity index (χ0) is 43.3. The van der Waals surface area contributed by atoms with E-state index in [1.165, 1.54) is 33.4 Å². The van der Waals surface area contributed by atoms with E-state index in [4.69, 9.17) is 19.7 Å². The van der Waals surface area contributed by atoms with Gasteiger partial charge in [0.1, 0.15) is 24.7 Å². The highest BCUT2D eigenvalue weighted by Gasteiger charge is 2.16. The molecule has 0 unspecified atom stereocenters. The molecule has 62 heavy (non-hydrogen) atoms. The first-order chi connectivity index (χ1) is 30.3. The number of hydrogen-bond donors (Lipinski definition) is 4. The first-order valence-electron chi connectivity index (χ1n) is 19.7. The number of nitrogens with one attached hydrogen (secondary N) is 2. The lowest BCUT2D eigenvalue weighted by Crippen LogP contribution is -2.39. The first-order valence-corrected chi connectivity index (χ1v) is 19.7. The summed E-state index contributed by atoms with van der Waals surface area (Å²) in [4.78, 5) is 57.7. The molecule has 0 aliphatic carbocycles. The molecule has 4 N–H and O–H groups in total. The smallest absolute Gasteiger partial charge is 0.335 e. The molecule has 1 aliphatic heterocycles. The van der Waals surface area contributed by atoms with Crippen LogP contribution in [0, 0.1) is 0 Å². The van der Waals surface area contributed by atoms with Crippen molar-refractivity contribution < 1.29 is 29.3 Å². The van der Waals surface area contributed by atoms with Crippen molar-refractivity contribution in [2.24, 2.45) is 0 Å². The normalized spacial score (nSPS) is 12.0. The first kappa shape index (κ1) is 42.2. The highest BCUT2D eigenvalue weighted by Crippen LogP contribution is 2.19. The van der Waals surface area contributed by atoms with E-state index in [0.29, 0.717) is 56.3 Å². The fraction of sp³-hybridized carbons (Fsp3) is 0.125. The predicted molar refractivity (Wildman–Crippen MR) is 236 cm³/mol. The zero-order valence-corrected chi connectivity index (χ0v) is 33.4. The molecule has 0 spiro atoms. The number of hydrogen-bond acceptors (Lipinski definition) is 10. The summed E-state index contributed by atoms with van der Waals surface area (Å²) in [6.45, 7) is 4.73. The summed E-state index contributed by atoms with van der Waals surface area (Å²) in [6, 6.07) is 44.9. The maximum absolute atomic E-state index is 13.1. The molecule has 312 valence electrons. The highest BCUT2D eigenvalue weighted by atomic mass is 16.5. The Morgan fingerprint density at radius 2 is 0.823 bits per heavy atom. The van der Waals surface area contributed by atoms with Crippen LogP contribution in [0.25, 0.3) is 33.2 Å². The van der Waals surface area contributed by atoms with Crippen LogP contribution < -0.4 is 31.2 Å². The fourth-order valence-corrected chi connectivity index (χ4v) is 6.52. The lowest BCUT2D eigenvalue weighted by atomic mass is 10.2. The number of ether oxygens (including phenoxy) is 2. The maximum atomic E-state index is 13.1. The molecule has 6 aromatic carbocycles. The number of piperazine rings is 1. The third-order valence-corrected chi connectivity index (χ3v) is 9.61. The Labute approximate surface area is 355 Å². The Kier molecular flexibility index (Phi) is 13.8. The predicted octanol–water partition coefficient (Wildman–Crippen LogP) is 6.51. The van der Waals surface area contributed by atoms with Gasteiger partial charge in [-0.25, -0.2) is 19.6 Å². The third-order valence-electron chi connectivity index (χ3n) is 9.61. The molecule has 14 nitrogen and oxygen atoms in total. The lowest BCUT2D eigenvalue weighted by Gasteiger charge is -2.14. The van der Waals surface area contributed by atoms with Crippen molar-refractivity contribution in [3.8, 4) is 22.9 Å². The number of carboxylic acids is 2. The van der Waals surface area contributed by atoms with Crippen molar-refractivity contribution in [3.63, 3.8) is 0 Å². The largest absolute Gasteiger partial charge is 0.486 e. The van der Waals surface area contributed by atoms with Crippen LogP contribution in [0.5, 0.6) is 11.5 Å². The average Bonchev–Trinajstić information content (AvgIpc) is 3.32. The molecule has 0 amide bonds. The number of para-hydroxylation sites is 4. The van der Waals surface area contributed by atoms with Crippen molar-refractivity contribution in [1.82, 2.24) is 29.7 Å². The van der Waals surface area contributed by atoms with Gasteiger partial charge in [0, 0.05) is 26.2 Å². The van der Waals surface area contributed by atoms with Gasteiger partial charge >= 0.3 is 11.9 Å². The Bertz CT molecular complexity index is 2690. The minimum atomic E-state index is -1.02. The summed E-state index contributed by atoms with van der Waals surface area (Å²) in [5.74, 6) is 0.132. The molecule has 0 bridgehead atoms. The van der Waals surface area contributed by atoms with Crippen molar-refractivity contribution in [1.29, 1.82) is 0 Å². The van der Waals surface area contributed by atoms with Crippen molar-refractivity contribution >= 4 is 33.7 Å². The number of benzene rings is 6. The molecule has 0 radical (unpaired) electrons. The summed E-state index contributed by atoms with van der Waals surface area (Å²) in [5.41, 5.74) is 2.04. The zero-order valence-electron chi connectivity index (χ0n) is 33.4. The van der Waals surface area contributed by atoms with E-state index in [2.05, 4.69) is 20.6 Å². The van der Waals surface area contributed by atoms with E-state index in [-0.39, 0.29) is 35.5 Å². The number of carboxylic acid groups (broad SMARTS) is 2. The Hall–Kier alpha value is -7.94. The van der Waals surface area contributed by atoms with Crippen LogP contribution in [0.1, 0.15) is 32.4 Å². The van der Waals surface area contributed by atoms with Crippen LogP contribution in [-0.4, -0.2) is 67.4 Å². The van der Waals surface area contributed by atoms with Crippen molar-refractivity contribution in [3.05, 3.63) is 201 Å². The monoisotopic (exact) mass is 830 g/mol. The number of fused-ring (bicyclic) bond motifs is 2. The van der Waals surface area contributed by atoms with E-state index >= 15 is 0 Å². The molecule has 9 rings (SSSR count). The summed E-state index contributed by atoms with van der Waals surface area (Å²) in [6.07, 6.45) is 0. The van der Waals surface area contributed by atoms with Crippen LogP contribution in [0.4, 0.5) is 0 Å². The molecule has 0 atom stereocenters. The molecular weight excluding hydrogens is 789 g/mol. The van der Waals surface area contributed by atoms with Crippen LogP contribution in [-0.2, 0) is 13.2 Å². The molecule has 14 heteroatoms. The standard InChI is InChI=1S/2C22H16N2O4.C4H10N2/c2*25-21-18-8-4-5-9-19(18)23-20(14-28-17-6-2-1-3-7-17)24(21)16-12-10-15(11-13-16)22(26)27;1-2-6-4-3-5-1/h2*1-13H,14H2,(H,26,27);5-6H,1-4H2. The minimum absolute atomic E-state index is 0.0881. The summed E-state index contributed by atoms with van der Waals surface area (Å²) in [7, 11) is 0. The number of rotatable bonds is 10. The summed E-state index contributed by atoms with van der Waals surface area (Å²) < 4.78 is 14.5. The number of nitrogens with zero attached hydrogens (tertiary/aromatic N) is 4. The van der Waals surface area contributed by atoms with Crippen LogP contribution in [0.15, 0.2) is 167 Å². The fourth-order valence-electron chi connectivity index (χ4n) is 6.52.